The van der Waals surface area contributed by atoms with Crippen molar-refractivity contribution in [1.82, 2.24) is 35.0 Å². The van der Waals surface area contributed by atoms with Crippen LogP contribution in [0.4, 0.5) is 5.69 Å². The minimum Gasteiger partial charge on any atom is -0.494 e. The van der Waals surface area contributed by atoms with E-state index in [0.29, 0.717) is 22.9 Å². The molecule has 3 aromatic heterocycles. The highest BCUT2D eigenvalue weighted by molar-refractivity contribution is 6.03. The molecule has 0 atom stereocenters. The number of benzene rings is 1. The smallest absolute Gasteiger partial charge is 0.274 e. The van der Waals surface area contributed by atoms with E-state index in [2.05, 4.69) is 30.9 Å². The fourth-order valence-electron chi connectivity index (χ4n) is 2.69. The van der Waals surface area contributed by atoms with Crippen LogP contribution in [0.25, 0.3) is 11.4 Å². The van der Waals surface area contributed by atoms with Crippen LogP contribution in [0.15, 0.2) is 55.0 Å². The van der Waals surface area contributed by atoms with Gasteiger partial charge in [-0.3, -0.25) is 9.78 Å². The second kappa shape index (κ2) is 7.27. The van der Waals surface area contributed by atoms with Gasteiger partial charge in [0.15, 0.2) is 5.82 Å². The van der Waals surface area contributed by atoms with Gasteiger partial charge in [-0.05, 0) is 53.7 Å². The van der Waals surface area contributed by atoms with E-state index in [-0.39, 0.29) is 11.6 Å². The number of nitrogens with one attached hydrogen (secondary N) is 1. The van der Waals surface area contributed by atoms with E-state index in [1.165, 1.54) is 4.68 Å². The summed E-state index contributed by atoms with van der Waals surface area (Å²) in [5, 5.41) is 18.5. The van der Waals surface area contributed by atoms with Crippen molar-refractivity contribution < 1.29 is 9.53 Å². The Labute approximate surface area is 159 Å². The minimum absolute atomic E-state index is 0.268. The normalized spacial score (nSPS) is 10.6. The number of methoxy groups -OCH3 is 1. The number of aromatic nitrogens is 7. The Morgan fingerprint density at radius 3 is 2.79 bits per heavy atom. The summed E-state index contributed by atoms with van der Waals surface area (Å²) < 4.78 is 8.56. The Kier molecular flexibility index (Phi) is 4.50. The number of ether oxygens (including phenoxy) is 1. The highest BCUT2D eigenvalue weighted by atomic mass is 16.5. The molecule has 28 heavy (non-hydrogen) atoms. The number of nitrogens with zero attached hydrogens (tertiary/aromatic N) is 7. The zero-order chi connectivity index (χ0) is 19.5. The van der Waals surface area contributed by atoms with Crippen molar-refractivity contribution in [2.75, 3.05) is 12.4 Å². The number of hydrogen-bond acceptors (Lipinski definition) is 7. The number of amides is 1. The van der Waals surface area contributed by atoms with Gasteiger partial charge in [0.25, 0.3) is 5.91 Å². The van der Waals surface area contributed by atoms with Crippen LogP contribution >= 0.6 is 0 Å². The molecule has 1 aromatic carbocycles. The molecule has 0 saturated carbocycles. The zero-order valence-corrected chi connectivity index (χ0v) is 15.1. The minimum atomic E-state index is -0.349. The molecule has 0 unspecified atom stereocenters. The van der Waals surface area contributed by atoms with Crippen molar-refractivity contribution in [1.29, 1.82) is 0 Å². The third kappa shape index (κ3) is 3.30. The summed E-state index contributed by atoms with van der Waals surface area (Å²) in [5.41, 5.74) is 2.18. The predicted octanol–water partition coefficient (Wildman–Crippen LogP) is 1.81. The number of hydrogen-bond donors (Lipinski definition) is 1. The van der Waals surface area contributed by atoms with Gasteiger partial charge in [0, 0.05) is 24.3 Å². The largest absolute Gasteiger partial charge is 0.494 e. The summed E-state index contributed by atoms with van der Waals surface area (Å²) in [6.45, 7) is 1.77. The van der Waals surface area contributed by atoms with Crippen LogP contribution in [0, 0.1) is 6.92 Å². The van der Waals surface area contributed by atoms with Crippen LogP contribution < -0.4 is 10.1 Å². The molecule has 3 heterocycles. The molecular formula is C18H16N8O2. The molecule has 4 aromatic rings. The average Bonchev–Trinajstić information content (AvgIpc) is 3.40. The first-order chi connectivity index (χ1) is 13.7. The van der Waals surface area contributed by atoms with Gasteiger partial charge in [-0.1, -0.05) is 0 Å². The summed E-state index contributed by atoms with van der Waals surface area (Å²) in [5.74, 6) is 0.820. The van der Waals surface area contributed by atoms with E-state index in [9.17, 15) is 4.79 Å². The fraction of sp³-hybridized carbons (Fsp3) is 0.111. The average molecular weight is 376 g/mol. The lowest BCUT2D eigenvalue weighted by molar-refractivity contribution is 0.102. The molecule has 10 nitrogen and oxygen atoms in total. The van der Waals surface area contributed by atoms with Gasteiger partial charge >= 0.3 is 0 Å². The van der Waals surface area contributed by atoms with E-state index >= 15 is 0 Å². The molecule has 0 spiro atoms. The zero-order valence-electron chi connectivity index (χ0n) is 15.1. The van der Waals surface area contributed by atoms with Crippen molar-refractivity contribution >= 4 is 11.6 Å². The predicted molar refractivity (Wildman–Crippen MR) is 99.8 cm³/mol. The molecule has 1 N–H and O–H groups in total. The lowest BCUT2D eigenvalue weighted by Crippen LogP contribution is -2.15. The molecule has 0 bridgehead atoms. The summed E-state index contributed by atoms with van der Waals surface area (Å²) in [6, 6.07) is 10.4. The van der Waals surface area contributed by atoms with Crippen molar-refractivity contribution in [3.05, 3.63) is 66.5 Å². The van der Waals surface area contributed by atoms with Gasteiger partial charge in [-0.15, -0.1) is 5.10 Å². The topological polar surface area (TPSA) is 113 Å². The van der Waals surface area contributed by atoms with Crippen molar-refractivity contribution in [2.24, 2.45) is 0 Å². The third-order valence-electron chi connectivity index (χ3n) is 4.04. The Balaban J connectivity index is 1.62. The van der Waals surface area contributed by atoms with Gasteiger partial charge in [-0.2, -0.15) is 9.78 Å². The Morgan fingerprint density at radius 2 is 2.07 bits per heavy atom. The van der Waals surface area contributed by atoms with Gasteiger partial charge < -0.3 is 10.1 Å². The van der Waals surface area contributed by atoms with E-state index in [0.717, 1.165) is 5.69 Å². The van der Waals surface area contributed by atoms with Crippen LogP contribution in [-0.4, -0.2) is 48.0 Å². The second-order valence-corrected chi connectivity index (χ2v) is 5.83. The van der Waals surface area contributed by atoms with E-state index in [4.69, 9.17) is 4.74 Å². The van der Waals surface area contributed by atoms with Crippen LogP contribution in [-0.2, 0) is 0 Å². The van der Waals surface area contributed by atoms with E-state index in [1.807, 2.05) is 0 Å². The van der Waals surface area contributed by atoms with Crippen LogP contribution in [0.5, 0.6) is 5.75 Å². The maximum atomic E-state index is 12.7. The van der Waals surface area contributed by atoms with Crippen molar-refractivity contribution in [3.63, 3.8) is 0 Å². The number of tetrazole rings is 1. The molecular weight excluding hydrogens is 360 g/mol. The van der Waals surface area contributed by atoms with Crippen LogP contribution in [0.2, 0.25) is 0 Å². The number of aryl methyl sites for hydroxylation is 1. The number of pyridine rings is 1. The first-order valence-corrected chi connectivity index (χ1v) is 8.36. The Hall–Kier alpha value is -4.08. The lowest BCUT2D eigenvalue weighted by atomic mass is 10.2. The summed E-state index contributed by atoms with van der Waals surface area (Å²) in [4.78, 5) is 16.8. The molecule has 4 rings (SSSR count). The highest BCUT2D eigenvalue weighted by Gasteiger charge is 2.14. The SMILES string of the molecule is COc1ccc(NC(=O)c2cc(-n3cccn3)ccn2)cc1-n1nnnc1C. The molecule has 0 fully saturated rings. The molecule has 140 valence electrons. The molecule has 1 amide bonds. The van der Waals surface area contributed by atoms with Crippen LogP contribution in [0.1, 0.15) is 16.3 Å². The second-order valence-electron chi connectivity index (χ2n) is 5.83. The number of carbonyl (C=O) groups is 1. The summed E-state index contributed by atoms with van der Waals surface area (Å²) in [7, 11) is 1.56. The first kappa shape index (κ1) is 17.3. The molecule has 0 radical (unpaired) electrons. The lowest BCUT2D eigenvalue weighted by Gasteiger charge is -2.12. The molecule has 0 aliphatic heterocycles. The molecule has 0 aliphatic rings. The van der Waals surface area contributed by atoms with Gasteiger partial charge in [-0.25, -0.2) is 4.68 Å². The fourth-order valence-corrected chi connectivity index (χ4v) is 2.69. The number of carbonyl (C=O) groups excluding carboxylic acids is 1. The number of rotatable bonds is 5. The van der Waals surface area contributed by atoms with Crippen LogP contribution in [0.3, 0.4) is 0 Å². The maximum Gasteiger partial charge on any atom is 0.274 e. The molecule has 0 aliphatic carbocycles. The highest BCUT2D eigenvalue weighted by Crippen LogP contribution is 2.26. The summed E-state index contributed by atoms with van der Waals surface area (Å²) >= 11 is 0. The van der Waals surface area contributed by atoms with E-state index in [1.54, 1.807) is 73.7 Å². The third-order valence-corrected chi connectivity index (χ3v) is 4.04. The Bertz CT molecular complexity index is 1120. The maximum absolute atomic E-state index is 12.7. The van der Waals surface area contributed by atoms with Gasteiger partial charge in [0.1, 0.15) is 17.1 Å². The summed E-state index contributed by atoms with van der Waals surface area (Å²) in [6.07, 6.45) is 5.02. The standard InChI is InChI=1S/C18H16N8O2/c1-12-22-23-24-26(12)16-10-13(4-5-17(16)28-2)21-18(27)15-11-14(6-8-19-15)25-9-3-7-20-25/h3-11H,1-2H3,(H,21,27). The quantitative estimate of drug-likeness (QED) is 0.565. The molecule has 0 saturated heterocycles. The van der Waals surface area contributed by atoms with Gasteiger partial charge in [0.05, 0.1) is 12.8 Å². The molecule has 10 heteroatoms. The van der Waals surface area contributed by atoms with Gasteiger partial charge in [0.2, 0.25) is 0 Å². The van der Waals surface area contributed by atoms with Crippen molar-refractivity contribution in [3.8, 4) is 17.1 Å². The van der Waals surface area contributed by atoms with Crippen molar-refractivity contribution in [2.45, 2.75) is 6.92 Å². The number of anilines is 1. The Morgan fingerprint density at radius 1 is 1.18 bits per heavy atom. The monoisotopic (exact) mass is 376 g/mol. The van der Waals surface area contributed by atoms with E-state index < -0.39 is 0 Å². The first-order valence-electron chi connectivity index (χ1n) is 8.36.